The SMILES string of the molecule is CCN(CC)CCCC(=O)N1CCCCC1. The van der Waals surface area contributed by atoms with E-state index < -0.39 is 0 Å². The van der Waals surface area contributed by atoms with Crippen molar-refractivity contribution in [3.63, 3.8) is 0 Å². The van der Waals surface area contributed by atoms with E-state index in [-0.39, 0.29) is 0 Å². The van der Waals surface area contributed by atoms with Gasteiger partial charge in [-0.3, -0.25) is 4.79 Å². The summed E-state index contributed by atoms with van der Waals surface area (Å²) in [7, 11) is 0. The van der Waals surface area contributed by atoms with Crippen molar-refractivity contribution in [3.05, 3.63) is 0 Å². The lowest BCUT2D eigenvalue weighted by Crippen LogP contribution is -2.36. The molecular formula is C13H26N2O. The first-order valence-electron chi connectivity index (χ1n) is 6.78. The van der Waals surface area contributed by atoms with Crippen LogP contribution in [-0.2, 0) is 4.79 Å². The van der Waals surface area contributed by atoms with Crippen LogP contribution in [0.5, 0.6) is 0 Å². The molecule has 0 radical (unpaired) electrons. The maximum absolute atomic E-state index is 11.9. The predicted molar refractivity (Wildman–Crippen MR) is 67.5 cm³/mol. The van der Waals surface area contributed by atoms with Crippen LogP contribution in [0, 0.1) is 0 Å². The van der Waals surface area contributed by atoms with Crippen molar-refractivity contribution in [3.8, 4) is 0 Å². The van der Waals surface area contributed by atoms with E-state index >= 15 is 0 Å². The van der Waals surface area contributed by atoms with Crippen LogP contribution in [0.15, 0.2) is 0 Å². The van der Waals surface area contributed by atoms with Gasteiger partial charge in [0.25, 0.3) is 0 Å². The normalized spacial score (nSPS) is 16.8. The molecule has 0 aromatic rings. The molecule has 1 rings (SSSR count). The largest absolute Gasteiger partial charge is 0.343 e. The van der Waals surface area contributed by atoms with Gasteiger partial charge in [-0.2, -0.15) is 0 Å². The van der Waals surface area contributed by atoms with Crippen LogP contribution in [0.1, 0.15) is 46.0 Å². The Morgan fingerprint density at radius 1 is 1.12 bits per heavy atom. The first-order valence-corrected chi connectivity index (χ1v) is 6.78. The Balaban J connectivity index is 2.13. The molecule has 0 aliphatic carbocycles. The number of amides is 1. The van der Waals surface area contributed by atoms with Gasteiger partial charge in [-0.1, -0.05) is 13.8 Å². The number of likely N-dealkylation sites (tertiary alicyclic amines) is 1. The average molecular weight is 226 g/mol. The van der Waals surface area contributed by atoms with Crippen molar-refractivity contribution in [1.82, 2.24) is 9.80 Å². The van der Waals surface area contributed by atoms with Gasteiger partial charge in [-0.05, 0) is 45.3 Å². The molecule has 0 aromatic heterocycles. The highest BCUT2D eigenvalue weighted by atomic mass is 16.2. The van der Waals surface area contributed by atoms with Crippen LogP contribution in [0.25, 0.3) is 0 Å². The fourth-order valence-corrected chi connectivity index (χ4v) is 2.30. The fraction of sp³-hybridized carbons (Fsp3) is 0.923. The van der Waals surface area contributed by atoms with Crippen LogP contribution in [0.3, 0.4) is 0 Å². The van der Waals surface area contributed by atoms with Crippen LogP contribution in [-0.4, -0.2) is 48.4 Å². The number of carbonyl (C=O) groups excluding carboxylic acids is 1. The number of carbonyl (C=O) groups is 1. The summed E-state index contributed by atoms with van der Waals surface area (Å²) in [6.07, 6.45) is 5.43. The molecular weight excluding hydrogens is 200 g/mol. The molecule has 0 N–H and O–H groups in total. The van der Waals surface area contributed by atoms with E-state index in [2.05, 4.69) is 18.7 Å². The molecule has 1 saturated heterocycles. The molecule has 0 bridgehead atoms. The lowest BCUT2D eigenvalue weighted by molar-refractivity contribution is -0.132. The van der Waals surface area contributed by atoms with E-state index in [0.717, 1.165) is 45.6 Å². The van der Waals surface area contributed by atoms with Gasteiger partial charge in [-0.15, -0.1) is 0 Å². The summed E-state index contributed by atoms with van der Waals surface area (Å²) >= 11 is 0. The van der Waals surface area contributed by atoms with Gasteiger partial charge in [-0.25, -0.2) is 0 Å². The Kier molecular flexibility index (Phi) is 6.46. The van der Waals surface area contributed by atoms with Crippen LogP contribution >= 0.6 is 0 Å². The Hall–Kier alpha value is -0.570. The van der Waals surface area contributed by atoms with Gasteiger partial charge < -0.3 is 9.80 Å². The number of piperidine rings is 1. The van der Waals surface area contributed by atoms with E-state index in [9.17, 15) is 4.79 Å². The maximum Gasteiger partial charge on any atom is 0.222 e. The second-order valence-corrected chi connectivity index (χ2v) is 4.57. The molecule has 94 valence electrons. The van der Waals surface area contributed by atoms with E-state index in [4.69, 9.17) is 0 Å². The Bertz CT molecular complexity index is 196. The predicted octanol–water partition coefficient (Wildman–Crippen LogP) is 2.12. The second kappa shape index (κ2) is 7.66. The third-order valence-corrected chi connectivity index (χ3v) is 3.47. The second-order valence-electron chi connectivity index (χ2n) is 4.57. The zero-order valence-corrected chi connectivity index (χ0v) is 10.9. The van der Waals surface area contributed by atoms with Gasteiger partial charge in [0.2, 0.25) is 5.91 Å². The summed E-state index contributed by atoms with van der Waals surface area (Å²) in [6.45, 7) is 9.58. The van der Waals surface area contributed by atoms with E-state index in [1.807, 2.05) is 4.90 Å². The zero-order valence-electron chi connectivity index (χ0n) is 10.9. The van der Waals surface area contributed by atoms with Gasteiger partial charge in [0.05, 0.1) is 0 Å². The topological polar surface area (TPSA) is 23.6 Å². The summed E-state index contributed by atoms with van der Waals surface area (Å²) < 4.78 is 0. The summed E-state index contributed by atoms with van der Waals surface area (Å²) in [4.78, 5) is 16.3. The monoisotopic (exact) mass is 226 g/mol. The molecule has 1 aliphatic heterocycles. The van der Waals surface area contributed by atoms with Gasteiger partial charge >= 0.3 is 0 Å². The highest BCUT2D eigenvalue weighted by Crippen LogP contribution is 2.10. The summed E-state index contributed by atoms with van der Waals surface area (Å²) in [5, 5.41) is 0. The van der Waals surface area contributed by atoms with Crippen molar-refractivity contribution in [2.75, 3.05) is 32.7 Å². The van der Waals surface area contributed by atoms with Crippen LogP contribution in [0.2, 0.25) is 0 Å². The number of hydrogen-bond acceptors (Lipinski definition) is 2. The fourth-order valence-electron chi connectivity index (χ4n) is 2.30. The number of hydrogen-bond donors (Lipinski definition) is 0. The minimum absolute atomic E-state index is 0.367. The Morgan fingerprint density at radius 2 is 1.75 bits per heavy atom. The summed E-state index contributed by atoms with van der Waals surface area (Å²) in [6, 6.07) is 0. The van der Waals surface area contributed by atoms with Crippen molar-refractivity contribution < 1.29 is 4.79 Å². The van der Waals surface area contributed by atoms with Crippen molar-refractivity contribution in [2.45, 2.75) is 46.0 Å². The third kappa shape index (κ3) is 4.52. The first kappa shape index (κ1) is 13.5. The molecule has 1 heterocycles. The summed E-state index contributed by atoms with van der Waals surface area (Å²) in [5.74, 6) is 0.367. The molecule has 0 saturated carbocycles. The Labute approximate surface area is 99.8 Å². The molecule has 16 heavy (non-hydrogen) atoms. The minimum atomic E-state index is 0.367. The highest BCUT2D eigenvalue weighted by Gasteiger charge is 2.15. The molecule has 0 atom stereocenters. The molecule has 0 spiro atoms. The molecule has 1 aliphatic rings. The maximum atomic E-state index is 11.9. The quantitative estimate of drug-likeness (QED) is 0.692. The van der Waals surface area contributed by atoms with Crippen molar-refractivity contribution in [1.29, 1.82) is 0 Å². The third-order valence-electron chi connectivity index (χ3n) is 3.47. The number of rotatable bonds is 6. The van der Waals surface area contributed by atoms with Gasteiger partial charge in [0, 0.05) is 19.5 Å². The molecule has 0 aromatic carbocycles. The average Bonchev–Trinajstić information content (AvgIpc) is 2.35. The lowest BCUT2D eigenvalue weighted by Gasteiger charge is -2.27. The van der Waals surface area contributed by atoms with Gasteiger partial charge in [0.15, 0.2) is 0 Å². The summed E-state index contributed by atoms with van der Waals surface area (Å²) in [5.41, 5.74) is 0. The molecule has 1 fully saturated rings. The highest BCUT2D eigenvalue weighted by molar-refractivity contribution is 5.76. The minimum Gasteiger partial charge on any atom is -0.343 e. The first-order chi connectivity index (χ1) is 7.77. The Morgan fingerprint density at radius 3 is 2.31 bits per heavy atom. The van der Waals surface area contributed by atoms with Crippen molar-refractivity contribution in [2.24, 2.45) is 0 Å². The van der Waals surface area contributed by atoms with Gasteiger partial charge in [0.1, 0.15) is 0 Å². The molecule has 3 heteroatoms. The van der Waals surface area contributed by atoms with E-state index in [1.165, 1.54) is 19.3 Å². The smallest absolute Gasteiger partial charge is 0.222 e. The van der Waals surface area contributed by atoms with Crippen LogP contribution in [0.4, 0.5) is 0 Å². The number of nitrogens with zero attached hydrogens (tertiary/aromatic N) is 2. The van der Waals surface area contributed by atoms with E-state index in [1.54, 1.807) is 0 Å². The molecule has 1 amide bonds. The van der Waals surface area contributed by atoms with Crippen LogP contribution < -0.4 is 0 Å². The zero-order chi connectivity index (χ0) is 11.8. The molecule has 3 nitrogen and oxygen atoms in total. The van der Waals surface area contributed by atoms with E-state index in [0.29, 0.717) is 5.91 Å². The standard InChI is InChI=1S/C13H26N2O/c1-3-14(4-2)10-8-9-13(16)15-11-6-5-7-12-15/h3-12H2,1-2H3. The molecule has 0 unspecified atom stereocenters. The van der Waals surface area contributed by atoms with Crippen molar-refractivity contribution >= 4 is 5.91 Å². The lowest BCUT2D eigenvalue weighted by atomic mass is 10.1.